The van der Waals surface area contributed by atoms with E-state index in [4.69, 9.17) is 4.74 Å². The highest BCUT2D eigenvalue weighted by Gasteiger charge is 2.16. The lowest BCUT2D eigenvalue weighted by Crippen LogP contribution is -2.16. The number of amides is 1. The van der Waals surface area contributed by atoms with Crippen molar-refractivity contribution in [3.8, 4) is 5.75 Å². The van der Waals surface area contributed by atoms with E-state index in [1.165, 1.54) is 23.4 Å². The lowest BCUT2D eigenvalue weighted by molar-refractivity contribution is -0.113. The number of thioether (sulfide) groups is 1. The van der Waals surface area contributed by atoms with Gasteiger partial charge in [-0.05, 0) is 35.2 Å². The Hall–Kier alpha value is -3.13. The van der Waals surface area contributed by atoms with Crippen molar-refractivity contribution in [3.05, 3.63) is 78.4 Å². The van der Waals surface area contributed by atoms with E-state index in [0.29, 0.717) is 17.5 Å². The Morgan fingerprint density at radius 2 is 1.91 bits per heavy atom. The fraction of sp³-hybridized carbons (Fsp3) is 0.292. The van der Waals surface area contributed by atoms with Gasteiger partial charge in [-0.25, -0.2) is 4.39 Å². The summed E-state index contributed by atoms with van der Waals surface area (Å²) in [5, 5.41) is 11.8. The third-order valence-electron chi connectivity index (χ3n) is 4.67. The van der Waals surface area contributed by atoms with Crippen LogP contribution in [0.4, 0.5) is 10.1 Å². The molecule has 8 heteroatoms. The van der Waals surface area contributed by atoms with Crippen molar-refractivity contribution in [2.24, 2.45) is 0 Å². The van der Waals surface area contributed by atoms with E-state index in [1.54, 1.807) is 28.8 Å². The summed E-state index contributed by atoms with van der Waals surface area (Å²) < 4.78 is 21.1. The topological polar surface area (TPSA) is 69.0 Å². The van der Waals surface area contributed by atoms with Crippen LogP contribution < -0.4 is 10.1 Å². The third kappa shape index (κ3) is 6.20. The first-order chi connectivity index (χ1) is 15.3. The normalized spacial score (nSPS) is 11.2. The van der Waals surface area contributed by atoms with Crippen molar-refractivity contribution in [2.75, 3.05) is 11.1 Å². The molecule has 0 fully saturated rings. The summed E-state index contributed by atoms with van der Waals surface area (Å²) in [4.78, 5) is 12.4. The molecule has 0 saturated carbocycles. The molecular formula is C24H27FN4O2S. The van der Waals surface area contributed by atoms with E-state index in [9.17, 15) is 9.18 Å². The number of hydrogen-bond acceptors (Lipinski definition) is 5. The van der Waals surface area contributed by atoms with Crippen molar-refractivity contribution < 1.29 is 13.9 Å². The van der Waals surface area contributed by atoms with E-state index >= 15 is 0 Å². The molecule has 0 atom stereocenters. The number of ether oxygens (including phenoxy) is 1. The predicted molar refractivity (Wildman–Crippen MR) is 125 cm³/mol. The number of carbonyl (C=O) groups excluding carboxylic acids is 1. The summed E-state index contributed by atoms with van der Waals surface area (Å²) in [5.74, 6) is 0.255. The molecule has 3 aromatic rings. The van der Waals surface area contributed by atoms with E-state index < -0.39 is 5.82 Å². The van der Waals surface area contributed by atoms with Gasteiger partial charge in [0.05, 0.1) is 5.75 Å². The molecule has 2 aromatic carbocycles. The van der Waals surface area contributed by atoms with E-state index in [-0.39, 0.29) is 29.4 Å². The SMILES string of the molecule is C=CCn1c(COc2ccccc2F)nnc1SCC(=O)Nc1ccc(C(C)(C)C)cc1. The number of aromatic nitrogens is 3. The predicted octanol–water partition coefficient (Wildman–Crippen LogP) is 5.21. The molecule has 0 radical (unpaired) electrons. The third-order valence-corrected chi connectivity index (χ3v) is 5.63. The molecule has 1 heterocycles. The minimum atomic E-state index is -0.441. The highest BCUT2D eigenvalue weighted by atomic mass is 32.2. The molecule has 32 heavy (non-hydrogen) atoms. The Kier molecular flexibility index (Phi) is 7.69. The zero-order chi connectivity index (χ0) is 23.1. The highest BCUT2D eigenvalue weighted by Crippen LogP contribution is 2.24. The lowest BCUT2D eigenvalue weighted by Gasteiger charge is -2.19. The Bertz CT molecular complexity index is 1070. The van der Waals surface area contributed by atoms with Gasteiger partial charge in [-0.1, -0.05) is 62.9 Å². The standard InChI is InChI=1S/C24H27FN4O2S/c1-5-14-29-21(15-31-20-9-7-6-8-19(20)25)27-28-23(29)32-16-22(30)26-18-12-10-17(11-13-18)24(2,3)4/h5-13H,1,14-16H2,2-4H3,(H,26,30). The van der Waals surface area contributed by atoms with E-state index in [2.05, 4.69) is 42.9 Å². The van der Waals surface area contributed by atoms with Crippen LogP contribution in [0.2, 0.25) is 0 Å². The first kappa shape index (κ1) is 23.5. The minimum absolute atomic E-state index is 0.0503. The summed E-state index contributed by atoms with van der Waals surface area (Å²) in [7, 11) is 0. The molecule has 0 unspecified atom stereocenters. The van der Waals surface area contributed by atoms with Crippen LogP contribution in [0.3, 0.4) is 0 Å². The van der Waals surface area contributed by atoms with Gasteiger partial charge < -0.3 is 10.1 Å². The zero-order valence-electron chi connectivity index (χ0n) is 18.5. The fourth-order valence-electron chi connectivity index (χ4n) is 2.93. The molecule has 6 nitrogen and oxygen atoms in total. The Morgan fingerprint density at radius 1 is 1.19 bits per heavy atom. The van der Waals surface area contributed by atoms with Gasteiger partial charge in [-0.3, -0.25) is 9.36 Å². The van der Waals surface area contributed by atoms with Crippen LogP contribution in [-0.2, 0) is 23.4 Å². The van der Waals surface area contributed by atoms with Crippen LogP contribution in [0.5, 0.6) is 5.75 Å². The molecule has 0 aliphatic carbocycles. The molecule has 1 aromatic heterocycles. The first-order valence-corrected chi connectivity index (χ1v) is 11.2. The second-order valence-electron chi connectivity index (χ2n) is 8.18. The average Bonchev–Trinajstić information content (AvgIpc) is 3.13. The average molecular weight is 455 g/mol. The molecule has 1 N–H and O–H groups in total. The maximum Gasteiger partial charge on any atom is 0.234 e. The number of halogens is 1. The van der Waals surface area contributed by atoms with Gasteiger partial charge in [0.25, 0.3) is 0 Å². The van der Waals surface area contributed by atoms with Crippen LogP contribution in [0.1, 0.15) is 32.2 Å². The Balaban J connectivity index is 1.60. The molecular weight excluding hydrogens is 427 g/mol. The second-order valence-corrected chi connectivity index (χ2v) is 9.12. The van der Waals surface area contributed by atoms with Gasteiger partial charge in [0.2, 0.25) is 5.91 Å². The summed E-state index contributed by atoms with van der Waals surface area (Å²) in [5.41, 5.74) is 2.00. The number of nitrogens with zero attached hydrogens (tertiary/aromatic N) is 3. The Labute approximate surface area is 191 Å². The van der Waals surface area contributed by atoms with Crippen LogP contribution in [-0.4, -0.2) is 26.4 Å². The molecule has 1 amide bonds. The summed E-state index contributed by atoms with van der Waals surface area (Å²) in [6, 6.07) is 14.0. The van der Waals surface area contributed by atoms with Crippen molar-refractivity contribution in [1.29, 1.82) is 0 Å². The number of benzene rings is 2. The van der Waals surface area contributed by atoms with E-state index in [0.717, 1.165) is 5.69 Å². The van der Waals surface area contributed by atoms with Gasteiger partial charge in [-0.2, -0.15) is 0 Å². The van der Waals surface area contributed by atoms with Crippen molar-refractivity contribution >= 4 is 23.4 Å². The van der Waals surface area contributed by atoms with Crippen LogP contribution in [0.15, 0.2) is 66.3 Å². The van der Waals surface area contributed by atoms with Gasteiger partial charge in [0, 0.05) is 12.2 Å². The largest absolute Gasteiger partial charge is 0.483 e. The molecule has 0 bridgehead atoms. The molecule has 3 rings (SSSR count). The number of anilines is 1. The number of rotatable bonds is 9. The highest BCUT2D eigenvalue weighted by molar-refractivity contribution is 7.99. The summed E-state index contributed by atoms with van der Waals surface area (Å²) in [6.45, 7) is 10.7. The number of hydrogen-bond donors (Lipinski definition) is 1. The maximum absolute atomic E-state index is 13.8. The number of carbonyl (C=O) groups is 1. The van der Waals surface area contributed by atoms with Gasteiger partial charge >= 0.3 is 0 Å². The lowest BCUT2D eigenvalue weighted by atomic mass is 9.87. The smallest absolute Gasteiger partial charge is 0.234 e. The van der Waals surface area contributed by atoms with Crippen molar-refractivity contribution in [2.45, 2.75) is 44.5 Å². The van der Waals surface area contributed by atoms with Crippen LogP contribution in [0, 0.1) is 5.82 Å². The molecule has 0 aliphatic rings. The quantitative estimate of drug-likeness (QED) is 0.355. The van der Waals surface area contributed by atoms with Crippen LogP contribution >= 0.6 is 11.8 Å². The summed E-state index contributed by atoms with van der Waals surface area (Å²) >= 11 is 1.27. The molecule has 168 valence electrons. The van der Waals surface area contributed by atoms with Gasteiger partial charge in [-0.15, -0.1) is 16.8 Å². The van der Waals surface area contributed by atoms with Crippen molar-refractivity contribution in [1.82, 2.24) is 14.8 Å². The Morgan fingerprint density at radius 3 is 2.56 bits per heavy atom. The van der Waals surface area contributed by atoms with Gasteiger partial charge in [0.1, 0.15) is 6.61 Å². The number of nitrogens with one attached hydrogen (secondary N) is 1. The first-order valence-electron chi connectivity index (χ1n) is 10.2. The monoisotopic (exact) mass is 454 g/mol. The molecule has 0 saturated heterocycles. The summed E-state index contributed by atoms with van der Waals surface area (Å²) in [6.07, 6.45) is 1.71. The van der Waals surface area contributed by atoms with Gasteiger partial charge in [0.15, 0.2) is 22.5 Å². The van der Waals surface area contributed by atoms with Crippen LogP contribution in [0.25, 0.3) is 0 Å². The second kappa shape index (κ2) is 10.5. The fourth-order valence-corrected chi connectivity index (χ4v) is 3.70. The zero-order valence-corrected chi connectivity index (χ0v) is 19.3. The molecule has 0 spiro atoms. The van der Waals surface area contributed by atoms with E-state index in [1.807, 2.05) is 24.3 Å². The van der Waals surface area contributed by atoms with Crippen molar-refractivity contribution in [3.63, 3.8) is 0 Å². The molecule has 0 aliphatic heterocycles. The number of allylic oxidation sites excluding steroid dienone is 1. The minimum Gasteiger partial charge on any atom is -0.483 e. The maximum atomic E-state index is 13.8. The number of para-hydroxylation sites is 1.